The molecule has 0 spiro atoms. The normalized spacial score (nSPS) is 14.2. The lowest BCUT2D eigenvalue weighted by atomic mass is 10.2. The van der Waals surface area contributed by atoms with Gasteiger partial charge in [0.2, 0.25) is 0 Å². The minimum atomic E-state index is 0. The number of halogens is 1. The molecule has 2 N–H and O–H groups in total. The second-order valence-corrected chi connectivity index (χ2v) is 2.31. The third-order valence-corrected chi connectivity index (χ3v) is 1.62. The summed E-state index contributed by atoms with van der Waals surface area (Å²) in [6.45, 7) is 1.78. The molecule has 0 atom stereocenters. The summed E-state index contributed by atoms with van der Waals surface area (Å²) in [5.74, 6) is 0. The average molecular weight is 172 g/mol. The fraction of sp³-hybridized carbons (Fsp3) is 0.286. The van der Waals surface area contributed by atoms with Gasteiger partial charge in [0, 0.05) is 30.2 Å². The van der Waals surface area contributed by atoms with Gasteiger partial charge in [0.15, 0.2) is 0 Å². The highest BCUT2D eigenvalue weighted by molar-refractivity contribution is 5.85. The molecule has 1 aromatic rings. The molecule has 0 aromatic carbocycles. The van der Waals surface area contributed by atoms with E-state index >= 15 is 0 Å². The first-order chi connectivity index (χ1) is 4.97. The molecule has 0 radical (unpaired) electrons. The van der Waals surface area contributed by atoms with Gasteiger partial charge in [-0.25, -0.2) is 0 Å². The lowest BCUT2D eigenvalue weighted by Gasteiger charge is -2.17. The third-order valence-electron chi connectivity index (χ3n) is 1.62. The molecule has 2 heterocycles. The van der Waals surface area contributed by atoms with Crippen LogP contribution in [-0.2, 0) is 6.54 Å². The number of nitrogens with one attached hydrogen (secondary N) is 2. The summed E-state index contributed by atoms with van der Waals surface area (Å²) in [5.41, 5.74) is 2.45. The van der Waals surface area contributed by atoms with Crippen LogP contribution in [0.3, 0.4) is 0 Å². The largest absolute Gasteiger partial charge is 0.372 e. The Morgan fingerprint density at radius 3 is 3.18 bits per heavy atom. The van der Waals surface area contributed by atoms with Crippen LogP contribution in [0.4, 0.5) is 5.69 Å². The minimum Gasteiger partial charge on any atom is -0.372 e. The van der Waals surface area contributed by atoms with Gasteiger partial charge in [-0.2, -0.15) is 0 Å². The Balaban J connectivity index is 0.000000605. The zero-order chi connectivity index (χ0) is 6.81. The predicted octanol–water partition coefficient (Wildman–Crippen LogP) is 0.976. The van der Waals surface area contributed by atoms with Crippen molar-refractivity contribution in [3.05, 3.63) is 24.0 Å². The first-order valence-electron chi connectivity index (χ1n) is 3.34. The summed E-state index contributed by atoms with van der Waals surface area (Å²) in [6, 6.07) is 2.00. The molecule has 4 heteroatoms. The van der Waals surface area contributed by atoms with Crippen molar-refractivity contribution in [2.75, 3.05) is 12.0 Å². The molecule has 0 saturated heterocycles. The number of pyridine rings is 1. The molecule has 0 saturated carbocycles. The van der Waals surface area contributed by atoms with Crippen molar-refractivity contribution in [2.45, 2.75) is 6.54 Å². The summed E-state index contributed by atoms with van der Waals surface area (Å²) in [5, 5.41) is 6.40. The SMILES string of the molecule is Cl.c1cc2c(cn1)CNCN2. The summed E-state index contributed by atoms with van der Waals surface area (Å²) >= 11 is 0. The van der Waals surface area contributed by atoms with Crippen molar-refractivity contribution < 1.29 is 0 Å². The van der Waals surface area contributed by atoms with E-state index < -0.39 is 0 Å². The van der Waals surface area contributed by atoms with Crippen LogP contribution in [0.2, 0.25) is 0 Å². The molecule has 0 fully saturated rings. The van der Waals surface area contributed by atoms with E-state index in [0.29, 0.717) is 0 Å². The maximum absolute atomic E-state index is 4.02. The van der Waals surface area contributed by atoms with Crippen LogP contribution in [0.25, 0.3) is 0 Å². The lowest BCUT2D eigenvalue weighted by Crippen LogP contribution is -2.27. The van der Waals surface area contributed by atoms with Crippen molar-refractivity contribution in [2.24, 2.45) is 0 Å². The molecule has 1 aromatic heterocycles. The predicted molar refractivity (Wildman–Crippen MR) is 46.8 cm³/mol. The maximum atomic E-state index is 4.02. The Morgan fingerprint density at radius 1 is 1.45 bits per heavy atom. The molecular formula is C7H10ClN3. The number of hydrogen-bond acceptors (Lipinski definition) is 3. The zero-order valence-electron chi connectivity index (χ0n) is 6.00. The quantitative estimate of drug-likeness (QED) is 0.611. The standard InChI is InChI=1S/C7H9N3.ClH/c1-2-8-3-6-4-9-5-10-7(1)6;/h1-3,9-10H,4-5H2;1H. The van der Waals surface area contributed by atoms with E-state index in [0.717, 1.165) is 13.2 Å². The molecule has 3 nitrogen and oxygen atoms in total. The van der Waals surface area contributed by atoms with Crippen molar-refractivity contribution in [1.29, 1.82) is 0 Å². The Labute approximate surface area is 71.6 Å². The molecule has 2 rings (SSSR count). The highest BCUT2D eigenvalue weighted by atomic mass is 35.5. The first kappa shape index (κ1) is 8.30. The second kappa shape index (κ2) is 3.55. The number of anilines is 1. The van der Waals surface area contributed by atoms with Crippen molar-refractivity contribution in [1.82, 2.24) is 10.3 Å². The molecule has 60 valence electrons. The molecule has 0 bridgehead atoms. The molecule has 1 aliphatic rings. The Morgan fingerprint density at radius 2 is 2.36 bits per heavy atom. The number of rotatable bonds is 0. The highest BCUT2D eigenvalue weighted by Gasteiger charge is 2.04. The van der Waals surface area contributed by atoms with Crippen LogP contribution in [0, 0.1) is 0 Å². The van der Waals surface area contributed by atoms with Gasteiger partial charge < -0.3 is 5.32 Å². The van der Waals surface area contributed by atoms with Crippen LogP contribution in [0.15, 0.2) is 18.5 Å². The zero-order valence-corrected chi connectivity index (χ0v) is 6.82. The topological polar surface area (TPSA) is 37.0 Å². The fourth-order valence-electron chi connectivity index (χ4n) is 1.10. The lowest BCUT2D eigenvalue weighted by molar-refractivity contribution is 0.706. The smallest absolute Gasteiger partial charge is 0.0655 e. The Hall–Kier alpha value is -0.800. The molecule has 0 unspecified atom stereocenters. The van der Waals surface area contributed by atoms with Crippen LogP contribution in [-0.4, -0.2) is 11.7 Å². The summed E-state index contributed by atoms with van der Waals surface area (Å²) in [4.78, 5) is 4.02. The fourth-order valence-corrected chi connectivity index (χ4v) is 1.10. The molecule has 0 amide bonds. The van der Waals surface area contributed by atoms with Gasteiger partial charge in [0.1, 0.15) is 0 Å². The third kappa shape index (κ3) is 1.61. The molecule has 0 aliphatic carbocycles. The Bertz CT molecular complexity index is 214. The number of fused-ring (bicyclic) bond motifs is 1. The van der Waals surface area contributed by atoms with Crippen LogP contribution in [0.5, 0.6) is 0 Å². The van der Waals surface area contributed by atoms with Gasteiger partial charge in [0.05, 0.1) is 6.67 Å². The van der Waals surface area contributed by atoms with E-state index in [1.165, 1.54) is 11.3 Å². The summed E-state index contributed by atoms with van der Waals surface area (Å²) in [7, 11) is 0. The van der Waals surface area contributed by atoms with E-state index in [-0.39, 0.29) is 12.4 Å². The van der Waals surface area contributed by atoms with E-state index in [9.17, 15) is 0 Å². The monoisotopic (exact) mass is 171 g/mol. The van der Waals surface area contributed by atoms with Gasteiger partial charge >= 0.3 is 0 Å². The van der Waals surface area contributed by atoms with Crippen molar-refractivity contribution in [3.8, 4) is 0 Å². The second-order valence-electron chi connectivity index (χ2n) is 2.31. The van der Waals surface area contributed by atoms with Gasteiger partial charge in [-0.3, -0.25) is 10.3 Å². The van der Waals surface area contributed by atoms with E-state index in [2.05, 4.69) is 15.6 Å². The van der Waals surface area contributed by atoms with Gasteiger partial charge in [-0.15, -0.1) is 12.4 Å². The van der Waals surface area contributed by atoms with Crippen molar-refractivity contribution >= 4 is 18.1 Å². The molecule has 11 heavy (non-hydrogen) atoms. The number of hydrogen-bond donors (Lipinski definition) is 2. The van der Waals surface area contributed by atoms with E-state index in [4.69, 9.17) is 0 Å². The molecular weight excluding hydrogens is 162 g/mol. The first-order valence-corrected chi connectivity index (χ1v) is 3.34. The number of nitrogens with zero attached hydrogens (tertiary/aromatic N) is 1. The summed E-state index contributed by atoms with van der Waals surface area (Å²) in [6.07, 6.45) is 3.69. The minimum absolute atomic E-state index is 0. The van der Waals surface area contributed by atoms with Gasteiger partial charge in [-0.05, 0) is 6.07 Å². The van der Waals surface area contributed by atoms with Crippen LogP contribution in [0.1, 0.15) is 5.56 Å². The maximum Gasteiger partial charge on any atom is 0.0655 e. The van der Waals surface area contributed by atoms with Crippen molar-refractivity contribution in [3.63, 3.8) is 0 Å². The summed E-state index contributed by atoms with van der Waals surface area (Å²) < 4.78 is 0. The van der Waals surface area contributed by atoms with Gasteiger partial charge in [0.25, 0.3) is 0 Å². The van der Waals surface area contributed by atoms with Crippen LogP contribution < -0.4 is 10.6 Å². The van der Waals surface area contributed by atoms with E-state index in [1.807, 2.05) is 12.3 Å². The molecule has 1 aliphatic heterocycles. The highest BCUT2D eigenvalue weighted by Crippen LogP contribution is 2.14. The number of aromatic nitrogens is 1. The van der Waals surface area contributed by atoms with E-state index in [1.54, 1.807) is 6.20 Å². The van der Waals surface area contributed by atoms with Gasteiger partial charge in [-0.1, -0.05) is 0 Å². The Kier molecular flexibility index (Phi) is 2.68. The average Bonchev–Trinajstić information content (AvgIpc) is 2.05. The van der Waals surface area contributed by atoms with Crippen LogP contribution >= 0.6 is 12.4 Å².